The molecule has 2 saturated heterocycles. The van der Waals surface area contributed by atoms with Crippen molar-refractivity contribution in [1.82, 2.24) is 14.7 Å². The summed E-state index contributed by atoms with van der Waals surface area (Å²) in [6.45, 7) is 4.23. The summed E-state index contributed by atoms with van der Waals surface area (Å²) >= 11 is 0. The van der Waals surface area contributed by atoms with E-state index in [1.54, 1.807) is 0 Å². The number of fused-ring (bicyclic) bond motifs is 1. The van der Waals surface area contributed by atoms with Gasteiger partial charge < -0.3 is 5.11 Å². The van der Waals surface area contributed by atoms with Crippen molar-refractivity contribution in [3.8, 4) is 0 Å². The van der Waals surface area contributed by atoms with Crippen molar-refractivity contribution in [2.75, 3.05) is 13.1 Å². The summed E-state index contributed by atoms with van der Waals surface area (Å²) in [4.78, 5) is 2.48. The Morgan fingerprint density at radius 3 is 3.00 bits per heavy atom. The van der Waals surface area contributed by atoms with Gasteiger partial charge in [0.25, 0.3) is 0 Å². The van der Waals surface area contributed by atoms with E-state index >= 15 is 0 Å². The van der Waals surface area contributed by atoms with Gasteiger partial charge in [0.05, 0.1) is 11.3 Å². The van der Waals surface area contributed by atoms with Crippen LogP contribution >= 0.6 is 0 Å². The van der Waals surface area contributed by atoms with E-state index in [0.29, 0.717) is 6.04 Å². The molecule has 2 aliphatic rings. The molecule has 1 N–H and O–H groups in total. The number of aliphatic hydroxyl groups is 1. The Morgan fingerprint density at radius 2 is 2.28 bits per heavy atom. The smallest absolute Gasteiger partial charge is 0.0869 e. The van der Waals surface area contributed by atoms with E-state index in [0.717, 1.165) is 43.7 Å². The molecule has 0 radical (unpaired) electrons. The third-order valence-electron chi connectivity index (χ3n) is 4.65. The topological polar surface area (TPSA) is 41.3 Å². The molecule has 0 aliphatic carbocycles. The molecule has 0 aromatic carbocycles. The largest absolute Gasteiger partial charge is 0.388 e. The van der Waals surface area contributed by atoms with Gasteiger partial charge in [-0.3, -0.25) is 9.58 Å². The van der Waals surface area contributed by atoms with E-state index < -0.39 is 5.60 Å². The zero-order valence-corrected chi connectivity index (χ0v) is 11.4. The molecule has 3 heterocycles. The van der Waals surface area contributed by atoms with Crippen LogP contribution in [0.15, 0.2) is 6.07 Å². The lowest BCUT2D eigenvalue weighted by Crippen LogP contribution is -2.48. The maximum absolute atomic E-state index is 11.0. The monoisotopic (exact) mass is 249 g/mol. The summed E-state index contributed by atoms with van der Waals surface area (Å²) in [7, 11) is 1.97. The van der Waals surface area contributed by atoms with Gasteiger partial charge in [-0.1, -0.05) is 6.42 Å². The molecule has 0 saturated carbocycles. The summed E-state index contributed by atoms with van der Waals surface area (Å²) in [5, 5.41) is 15.4. The van der Waals surface area contributed by atoms with Crippen molar-refractivity contribution in [3.63, 3.8) is 0 Å². The van der Waals surface area contributed by atoms with Crippen LogP contribution < -0.4 is 0 Å². The van der Waals surface area contributed by atoms with Crippen LogP contribution in [0, 0.1) is 6.92 Å². The van der Waals surface area contributed by atoms with Crippen LogP contribution in [0.1, 0.15) is 37.1 Å². The van der Waals surface area contributed by atoms with Gasteiger partial charge in [-0.15, -0.1) is 0 Å². The van der Waals surface area contributed by atoms with Crippen LogP contribution in [0.5, 0.6) is 0 Å². The molecule has 4 heteroatoms. The minimum absolute atomic E-state index is 0.362. The number of piperidine rings is 1. The highest BCUT2D eigenvalue weighted by molar-refractivity contribution is 5.15. The molecule has 0 bridgehead atoms. The molecule has 2 unspecified atom stereocenters. The fourth-order valence-electron chi connectivity index (χ4n) is 3.72. The Balaban J connectivity index is 1.80. The lowest BCUT2D eigenvalue weighted by molar-refractivity contribution is -0.0102. The van der Waals surface area contributed by atoms with Crippen LogP contribution in [-0.2, 0) is 13.5 Å². The van der Waals surface area contributed by atoms with E-state index in [1.165, 1.54) is 12.8 Å². The second-order valence-electron chi connectivity index (χ2n) is 5.98. The van der Waals surface area contributed by atoms with Crippen molar-refractivity contribution < 1.29 is 5.11 Å². The quantitative estimate of drug-likeness (QED) is 0.858. The Labute approximate surface area is 109 Å². The fraction of sp³-hybridized carbons (Fsp3) is 0.786. The lowest BCUT2D eigenvalue weighted by Gasteiger charge is -2.37. The number of hydrogen-bond acceptors (Lipinski definition) is 3. The summed E-state index contributed by atoms with van der Waals surface area (Å²) in [6.07, 6.45) is 5.34. The molecule has 2 aliphatic heterocycles. The molecular weight excluding hydrogens is 226 g/mol. The van der Waals surface area contributed by atoms with Crippen molar-refractivity contribution in [2.45, 2.75) is 50.7 Å². The van der Waals surface area contributed by atoms with E-state index in [-0.39, 0.29) is 0 Å². The molecule has 0 amide bonds. The van der Waals surface area contributed by atoms with E-state index in [2.05, 4.69) is 16.1 Å². The molecule has 100 valence electrons. The average molecular weight is 249 g/mol. The van der Waals surface area contributed by atoms with E-state index in [4.69, 9.17) is 0 Å². The van der Waals surface area contributed by atoms with Crippen LogP contribution in [0.2, 0.25) is 0 Å². The average Bonchev–Trinajstić information content (AvgIpc) is 2.82. The van der Waals surface area contributed by atoms with Crippen molar-refractivity contribution in [2.24, 2.45) is 7.05 Å². The van der Waals surface area contributed by atoms with Gasteiger partial charge in [-0.2, -0.15) is 5.10 Å². The first-order valence-electron chi connectivity index (χ1n) is 7.04. The summed E-state index contributed by atoms with van der Waals surface area (Å²) in [6, 6.07) is 2.46. The molecular formula is C14H23N3O. The molecule has 4 nitrogen and oxygen atoms in total. The van der Waals surface area contributed by atoms with Crippen molar-refractivity contribution in [1.29, 1.82) is 0 Å². The third-order valence-corrected chi connectivity index (χ3v) is 4.65. The Morgan fingerprint density at radius 1 is 1.44 bits per heavy atom. The number of rotatable bonds is 2. The SMILES string of the molecule is Cc1cc(CC2(O)CCN3CCCCC32)n(C)n1. The van der Waals surface area contributed by atoms with Gasteiger partial charge >= 0.3 is 0 Å². The minimum atomic E-state index is -0.541. The van der Waals surface area contributed by atoms with Gasteiger partial charge in [-0.25, -0.2) is 0 Å². The maximum atomic E-state index is 11.0. The molecule has 1 aromatic heterocycles. The van der Waals surface area contributed by atoms with Gasteiger partial charge in [0.1, 0.15) is 0 Å². The molecule has 2 fully saturated rings. The van der Waals surface area contributed by atoms with Gasteiger partial charge in [-0.05, 0) is 38.8 Å². The Hall–Kier alpha value is -0.870. The van der Waals surface area contributed by atoms with E-state index in [1.807, 2.05) is 18.7 Å². The predicted octanol–water partition coefficient (Wildman–Crippen LogP) is 1.26. The number of aromatic nitrogens is 2. The van der Waals surface area contributed by atoms with Crippen LogP contribution in [-0.4, -0.2) is 44.5 Å². The van der Waals surface area contributed by atoms with Gasteiger partial charge in [0.15, 0.2) is 0 Å². The first-order valence-corrected chi connectivity index (χ1v) is 7.04. The second kappa shape index (κ2) is 4.35. The highest BCUT2D eigenvalue weighted by atomic mass is 16.3. The van der Waals surface area contributed by atoms with Gasteiger partial charge in [0, 0.05) is 31.7 Å². The summed E-state index contributed by atoms with van der Waals surface area (Å²) in [5.41, 5.74) is 1.65. The molecule has 18 heavy (non-hydrogen) atoms. The summed E-state index contributed by atoms with van der Waals surface area (Å²) in [5.74, 6) is 0. The molecule has 2 atom stereocenters. The van der Waals surface area contributed by atoms with E-state index in [9.17, 15) is 5.11 Å². The third kappa shape index (κ3) is 1.97. The fourth-order valence-corrected chi connectivity index (χ4v) is 3.72. The number of nitrogens with zero attached hydrogens (tertiary/aromatic N) is 3. The molecule has 3 rings (SSSR count). The normalized spacial score (nSPS) is 32.7. The van der Waals surface area contributed by atoms with Crippen molar-refractivity contribution in [3.05, 3.63) is 17.5 Å². The maximum Gasteiger partial charge on any atom is 0.0869 e. The Bertz CT molecular complexity index is 442. The number of hydrogen-bond donors (Lipinski definition) is 1. The minimum Gasteiger partial charge on any atom is -0.388 e. The zero-order valence-electron chi connectivity index (χ0n) is 11.4. The van der Waals surface area contributed by atoms with Gasteiger partial charge in [0.2, 0.25) is 0 Å². The first kappa shape index (κ1) is 12.2. The highest BCUT2D eigenvalue weighted by Gasteiger charge is 2.46. The second-order valence-corrected chi connectivity index (χ2v) is 5.98. The standard InChI is InChI=1S/C14H23N3O/c1-11-9-12(16(2)15-11)10-14(18)6-8-17-7-4-3-5-13(14)17/h9,13,18H,3-8,10H2,1-2H3. The number of aryl methyl sites for hydroxylation is 2. The highest BCUT2D eigenvalue weighted by Crippen LogP contribution is 2.37. The lowest BCUT2D eigenvalue weighted by atomic mass is 9.85. The first-order chi connectivity index (χ1) is 8.58. The van der Waals surface area contributed by atoms with Crippen LogP contribution in [0.3, 0.4) is 0 Å². The molecule has 1 aromatic rings. The molecule has 0 spiro atoms. The van der Waals surface area contributed by atoms with Crippen molar-refractivity contribution >= 4 is 0 Å². The summed E-state index contributed by atoms with van der Waals surface area (Å²) < 4.78 is 1.92. The van der Waals surface area contributed by atoms with Crippen LogP contribution in [0.25, 0.3) is 0 Å². The zero-order chi connectivity index (χ0) is 12.8. The Kier molecular flexibility index (Phi) is 2.94. The predicted molar refractivity (Wildman–Crippen MR) is 70.4 cm³/mol. The van der Waals surface area contributed by atoms with Crippen LogP contribution in [0.4, 0.5) is 0 Å².